The van der Waals surface area contributed by atoms with Crippen molar-refractivity contribution in [2.75, 3.05) is 0 Å². The Labute approximate surface area is 182 Å². The molecular weight excluding hydrogens is 1200 g/mol. The molecule has 0 saturated heterocycles. The zero-order valence-corrected chi connectivity index (χ0v) is 26.8. The van der Waals surface area contributed by atoms with Crippen molar-refractivity contribution in [2.24, 2.45) is 0 Å². The Hall–Kier alpha value is 4.32. The second kappa shape index (κ2) is 43.3. The van der Waals surface area contributed by atoms with Crippen LogP contribution >= 0.6 is 0 Å². The van der Waals surface area contributed by atoms with Gasteiger partial charge in [-0.15, -0.1) is 0 Å². The maximum atomic E-state index is 8.52. The van der Waals surface area contributed by atoms with Crippen LogP contribution in [0.5, 0.6) is 0 Å². The summed E-state index contributed by atoms with van der Waals surface area (Å²) >= 11 is 0. The summed E-state index contributed by atoms with van der Waals surface area (Å²) in [6.07, 6.45) is 0. The molecule has 0 aromatic rings. The summed E-state index contributed by atoms with van der Waals surface area (Å²) < 4.78 is 34.1. The van der Waals surface area contributed by atoms with Crippen molar-refractivity contribution in [3.05, 3.63) is 0 Å². The Bertz CT molecular complexity index is 101. The second-order valence-corrected chi connectivity index (χ2v) is 1.22. The quantitative estimate of drug-likeness (QED) is 0.132. The van der Waals surface area contributed by atoms with Gasteiger partial charge < -0.3 is 31.0 Å². The minimum absolute atomic E-state index is 0. The first-order valence-electron chi connectivity index (χ1n) is 0.667. The number of hydrogen-bond acceptors (Lipinski definition) is 4. The van der Waals surface area contributed by atoms with Crippen LogP contribution in [0.15, 0.2) is 0 Å². The van der Waals surface area contributed by atoms with Gasteiger partial charge in [0.15, 0.2) is 0 Å². The smallest absolute Gasteiger partial charge is 0.0311 e. The van der Waals surface area contributed by atoms with E-state index in [4.69, 9.17) is 17.5 Å². The van der Waals surface area contributed by atoms with E-state index in [9.17, 15) is 0 Å². The molecule has 84 valence electrons. The molecule has 0 spiro atoms. The predicted octanol–water partition coefficient (Wildman–Crippen LogP) is -6.54. The van der Waals surface area contributed by atoms with Gasteiger partial charge >= 0.3 is 0 Å². The third-order valence-corrected chi connectivity index (χ3v) is 0. The average molecular weight is 1200 g/mol. The first-order chi connectivity index (χ1) is 2.00. The molecule has 0 bridgehead atoms. The molecule has 20 radical (unpaired) electrons. The molecule has 0 heterocycles. The van der Waals surface area contributed by atoms with Crippen LogP contribution in [0.3, 0.4) is 0 Å². The predicted molar refractivity (Wildman–Crippen MR) is 53.7 cm³/mol. The molecule has 0 aromatic carbocycles. The van der Waals surface area contributed by atoms with Crippen molar-refractivity contribution < 1.29 is 39.4 Å². The van der Waals surface area contributed by atoms with Crippen molar-refractivity contribution in [3.8, 4) is 0 Å². The van der Waals surface area contributed by atoms with Crippen LogP contribution in [0.25, 0.3) is 0 Å². The van der Waals surface area contributed by atoms with E-state index < -0.39 is 10.4 Å². The molecule has 0 aliphatic rings. The minimum atomic E-state index is -5.17. The Morgan fingerprint density at radius 1 is 0.571 bits per heavy atom. The number of rotatable bonds is 0. The van der Waals surface area contributed by atoms with Gasteiger partial charge in [-0.1, -0.05) is 0 Å². The van der Waals surface area contributed by atoms with E-state index in [0.29, 0.717) is 0 Å². The van der Waals surface area contributed by atoms with Crippen LogP contribution in [-0.4, -0.2) is 176 Å². The summed E-state index contributed by atoms with van der Waals surface area (Å²) in [6, 6.07) is 0. The molecule has 0 aliphatic carbocycles. The third kappa shape index (κ3) is 205. The van der Waals surface area contributed by atoms with Gasteiger partial charge in [0.05, 0.1) is 0 Å². The minimum Gasteiger partial charge on any atom is -0.759 e. The van der Waals surface area contributed by atoms with Crippen molar-refractivity contribution >= 4 is 147 Å². The molecule has 0 rings (SSSR count). The zero-order chi connectivity index (χ0) is 4.50. The Morgan fingerprint density at radius 3 is 0.571 bits per heavy atom. The largest absolute Gasteiger partial charge is 0.759 e. The fourth-order valence-corrected chi connectivity index (χ4v) is 0. The van der Waals surface area contributed by atoms with Gasteiger partial charge in [0, 0.05) is 147 Å². The monoisotopic (exact) mass is 1210 g/mol. The van der Waals surface area contributed by atoms with E-state index in [2.05, 4.69) is 0 Å². The van der Waals surface area contributed by atoms with Crippen LogP contribution in [-0.2, 0) is 10.4 Å². The van der Waals surface area contributed by atoms with Crippen LogP contribution < -0.4 is 0 Å². The van der Waals surface area contributed by atoms with E-state index in [1.54, 1.807) is 0 Å². The fourth-order valence-electron chi connectivity index (χ4n) is 0. The van der Waals surface area contributed by atoms with Crippen molar-refractivity contribution in [2.45, 2.75) is 0 Å². The normalized spacial score (nSPS) is 4.14. The molecule has 0 atom stereocenters. The molecular formula is H8O8Pb5S-2. The van der Waals surface area contributed by atoms with Gasteiger partial charge in [-0.25, -0.2) is 0 Å². The Kier molecular flexibility index (Phi) is 246. The summed E-state index contributed by atoms with van der Waals surface area (Å²) in [4.78, 5) is 0. The molecule has 14 heteroatoms. The van der Waals surface area contributed by atoms with Crippen molar-refractivity contribution in [3.63, 3.8) is 0 Å². The Balaban J connectivity index is -0.00000000222. The van der Waals surface area contributed by atoms with Crippen LogP contribution in [0, 0.1) is 0 Å². The second-order valence-electron chi connectivity index (χ2n) is 0.408. The molecule has 8 nitrogen and oxygen atoms in total. The maximum Gasteiger partial charge on any atom is 0.0311 e. The van der Waals surface area contributed by atoms with Gasteiger partial charge in [0.25, 0.3) is 0 Å². The van der Waals surface area contributed by atoms with Gasteiger partial charge in [0.1, 0.15) is 0 Å². The maximum absolute atomic E-state index is 8.52. The standard InChI is InChI=1S/H2O4S.4H2O.5Pb/c1-5(2,3)4;;;;;;;;;/h(H2,1,2,3,4);4*1H2;;;;;/p-2. The first kappa shape index (κ1) is 79.4. The molecule has 0 unspecified atom stereocenters. The van der Waals surface area contributed by atoms with Gasteiger partial charge in [-0.3, -0.25) is 8.42 Å². The number of hydrogen-bond donors (Lipinski definition) is 0. The molecule has 14 heavy (non-hydrogen) atoms. The van der Waals surface area contributed by atoms with E-state index in [-0.39, 0.29) is 158 Å². The van der Waals surface area contributed by atoms with Gasteiger partial charge in [0.2, 0.25) is 0 Å². The Morgan fingerprint density at radius 2 is 0.571 bits per heavy atom. The van der Waals surface area contributed by atoms with E-state index in [1.807, 2.05) is 0 Å². The molecule has 0 saturated carbocycles. The average Bonchev–Trinajstić information content (AvgIpc) is 0.722. The summed E-state index contributed by atoms with van der Waals surface area (Å²) in [5.41, 5.74) is 0. The topological polar surface area (TPSA) is 206 Å². The van der Waals surface area contributed by atoms with E-state index in [0.717, 1.165) is 0 Å². The third-order valence-electron chi connectivity index (χ3n) is 0. The SMILES string of the molecule is O.O.O.O.O=S(=O)([O-])[O-].[Pb].[Pb].[Pb].[Pb].[Pb]. The summed E-state index contributed by atoms with van der Waals surface area (Å²) in [7, 11) is -5.17. The summed E-state index contributed by atoms with van der Waals surface area (Å²) in [5.74, 6) is 0. The molecule has 0 fully saturated rings. The van der Waals surface area contributed by atoms with Gasteiger partial charge in [-0.2, -0.15) is 0 Å². The summed E-state index contributed by atoms with van der Waals surface area (Å²) in [6.45, 7) is 0. The fraction of sp³-hybridized carbons (Fsp3) is 0. The van der Waals surface area contributed by atoms with Crippen LogP contribution in [0.4, 0.5) is 0 Å². The van der Waals surface area contributed by atoms with E-state index in [1.165, 1.54) is 0 Å². The van der Waals surface area contributed by atoms with Gasteiger partial charge in [-0.05, 0) is 0 Å². The molecule has 8 N–H and O–H groups in total. The molecule has 0 aliphatic heterocycles. The van der Waals surface area contributed by atoms with Crippen LogP contribution in [0.1, 0.15) is 0 Å². The van der Waals surface area contributed by atoms with Crippen molar-refractivity contribution in [1.29, 1.82) is 0 Å². The molecule has 0 aromatic heterocycles. The zero-order valence-electron chi connectivity index (χ0n) is 6.54. The van der Waals surface area contributed by atoms with Crippen LogP contribution in [0.2, 0.25) is 0 Å². The van der Waals surface area contributed by atoms with Crippen molar-refractivity contribution in [1.82, 2.24) is 0 Å². The first-order valence-corrected chi connectivity index (χ1v) is 2.00. The summed E-state index contributed by atoms with van der Waals surface area (Å²) in [5, 5.41) is 0. The molecule has 0 amide bonds. The van der Waals surface area contributed by atoms with E-state index >= 15 is 0 Å².